The first kappa shape index (κ1) is 9.77. The Balaban J connectivity index is 2.41. The van der Waals surface area contributed by atoms with Gasteiger partial charge in [0.15, 0.2) is 0 Å². The van der Waals surface area contributed by atoms with Crippen LogP contribution in [-0.2, 0) is 6.42 Å². The van der Waals surface area contributed by atoms with Crippen LogP contribution in [0, 0.1) is 6.92 Å². The summed E-state index contributed by atoms with van der Waals surface area (Å²) in [4.78, 5) is 7.81. The average molecular weight is 201 g/mol. The molecule has 0 spiro atoms. The second-order valence-electron chi connectivity index (χ2n) is 3.63. The van der Waals surface area contributed by atoms with E-state index in [1.165, 1.54) is 0 Å². The van der Waals surface area contributed by atoms with Gasteiger partial charge in [-0.25, -0.2) is 4.98 Å². The van der Waals surface area contributed by atoms with Crippen LogP contribution in [-0.4, -0.2) is 9.97 Å². The first-order chi connectivity index (χ1) is 7.20. The van der Waals surface area contributed by atoms with E-state index >= 15 is 0 Å². The molecule has 1 heterocycles. The van der Waals surface area contributed by atoms with Gasteiger partial charge in [0.1, 0.15) is 5.82 Å². The van der Waals surface area contributed by atoms with Crippen molar-refractivity contribution in [1.82, 2.24) is 9.97 Å². The first-order valence-electron chi connectivity index (χ1n) is 5.12. The second-order valence-corrected chi connectivity index (χ2v) is 3.63. The van der Waals surface area contributed by atoms with Gasteiger partial charge < -0.3 is 10.7 Å². The third kappa shape index (κ3) is 1.86. The lowest BCUT2D eigenvalue weighted by atomic mass is 10.2. The van der Waals surface area contributed by atoms with Gasteiger partial charge in [0, 0.05) is 16.9 Å². The van der Waals surface area contributed by atoms with Gasteiger partial charge in [-0.15, -0.1) is 0 Å². The molecule has 3 nitrogen and oxygen atoms in total. The van der Waals surface area contributed by atoms with Gasteiger partial charge >= 0.3 is 0 Å². The lowest BCUT2D eigenvalue weighted by molar-refractivity contribution is 1.04. The molecule has 0 fully saturated rings. The summed E-state index contributed by atoms with van der Waals surface area (Å²) in [5, 5.41) is 0. The zero-order valence-corrected chi connectivity index (χ0v) is 9.04. The van der Waals surface area contributed by atoms with Gasteiger partial charge in [-0.2, -0.15) is 0 Å². The molecule has 0 radical (unpaired) electrons. The van der Waals surface area contributed by atoms with Gasteiger partial charge in [0.25, 0.3) is 0 Å². The zero-order chi connectivity index (χ0) is 10.8. The van der Waals surface area contributed by atoms with Gasteiger partial charge in [0.2, 0.25) is 0 Å². The summed E-state index contributed by atoms with van der Waals surface area (Å²) in [6, 6.07) is 7.73. The van der Waals surface area contributed by atoms with Crippen LogP contribution in [0.15, 0.2) is 24.3 Å². The van der Waals surface area contributed by atoms with E-state index < -0.39 is 0 Å². The van der Waals surface area contributed by atoms with Crippen LogP contribution in [0.1, 0.15) is 18.3 Å². The Bertz CT molecular complexity index is 454. The van der Waals surface area contributed by atoms with Crippen molar-refractivity contribution >= 4 is 5.69 Å². The molecule has 0 bridgehead atoms. The molecule has 3 N–H and O–H groups in total. The SMILES string of the molecule is CCc1nc(-c2ccc(N)cc2)[nH]c1C. The van der Waals surface area contributed by atoms with Crippen molar-refractivity contribution in [2.75, 3.05) is 5.73 Å². The molecule has 0 saturated carbocycles. The number of nitrogens with one attached hydrogen (secondary N) is 1. The molecule has 0 aliphatic heterocycles. The summed E-state index contributed by atoms with van der Waals surface area (Å²) in [7, 11) is 0. The van der Waals surface area contributed by atoms with E-state index in [0.29, 0.717) is 0 Å². The second kappa shape index (κ2) is 3.77. The fourth-order valence-electron chi connectivity index (χ4n) is 1.62. The number of imidazole rings is 1. The number of anilines is 1. The van der Waals surface area contributed by atoms with Crippen LogP contribution >= 0.6 is 0 Å². The topological polar surface area (TPSA) is 54.7 Å². The lowest BCUT2D eigenvalue weighted by Gasteiger charge is -1.96. The summed E-state index contributed by atoms with van der Waals surface area (Å²) in [5.41, 5.74) is 9.76. The molecule has 1 aromatic carbocycles. The van der Waals surface area contributed by atoms with Crippen molar-refractivity contribution < 1.29 is 0 Å². The smallest absolute Gasteiger partial charge is 0.137 e. The summed E-state index contributed by atoms with van der Waals surface area (Å²) in [6.07, 6.45) is 0.956. The highest BCUT2D eigenvalue weighted by atomic mass is 14.9. The van der Waals surface area contributed by atoms with Crippen LogP contribution in [0.5, 0.6) is 0 Å². The molecule has 3 heteroatoms. The number of rotatable bonds is 2. The van der Waals surface area contributed by atoms with E-state index in [0.717, 1.165) is 34.9 Å². The zero-order valence-electron chi connectivity index (χ0n) is 9.04. The largest absolute Gasteiger partial charge is 0.399 e. The minimum atomic E-state index is 0.776. The Kier molecular flexibility index (Phi) is 2.46. The molecule has 0 unspecified atom stereocenters. The van der Waals surface area contributed by atoms with Gasteiger partial charge in [-0.3, -0.25) is 0 Å². The summed E-state index contributed by atoms with van der Waals surface area (Å²) >= 11 is 0. The third-order valence-electron chi connectivity index (χ3n) is 2.50. The molecule has 15 heavy (non-hydrogen) atoms. The highest BCUT2D eigenvalue weighted by Crippen LogP contribution is 2.19. The lowest BCUT2D eigenvalue weighted by Crippen LogP contribution is -1.85. The van der Waals surface area contributed by atoms with Crippen molar-refractivity contribution in [3.63, 3.8) is 0 Å². The fourth-order valence-corrected chi connectivity index (χ4v) is 1.62. The highest BCUT2D eigenvalue weighted by Gasteiger charge is 2.06. The number of hydrogen-bond donors (Lipinski definition) is 2. The number of nitrogens with zero attached hydrogens (tertiary/aromatic N) is 1. The Labute approximate surface area is 89.4 Å². The van der Waals surface area contributed by atoms with Crippen LogP contribution in [0.2, 0.25) is 0 Å². The molecule has 0 saturated heterocycles. The van der Waals surface area contributed by atoms with Crippen LogP contribution in [0.4, 0.5) is 5.69 Å². The van der Waals surface area contributed by atoms with Crippen LogP contribution in [0.25, 0.3) is 11.4 Å². The number of nitrogen functional groups attached to an aromatic ring is 1. The Hall–Kier alpha value is -1.77. The molecule has 2 rings (SSSR count). The van der Waals surface area contributed by atoms with E-state index in [4.69, 9.17) is 5.73 Å². The molecule has 78 valence electrons. The molecule has 0 aliphatic carbocycles. The minimum Gasteiger partial charge on any atom is -0.399 e. The van der Waals surface area contributed by atoms with Crippen molar-refractivity contribution in [3.05, 3.63) is 35.7 Å². The molecular formula is C12H15N3. The van der Waals surface area contributed by atoms with Crippen molar-refractivity contribution in [2.45, 2.75) is 20.3 Å². The Morgan fingerprint density at radius 1 is 1.27 bits per heavy atom. The van der Waals surface area contributed by atoms with E-state index in [1.807, 2.05) is 31.2 Å². The van der Waals surface area contributed by atoms with Crippen LogP contribution < -0.4 is 5.73 Å². The highest BCUT2D eigenvalue weighted by molar-refractivity contribution is 5.59. The van der Waals surface area contributed by atoms with E-state index in [9.17, 15) is 0 Å². The predicted octanol–water partition coefficient (Wildman–Crippen LogP) is 2.53. The number of hydrogen-bond acceptors (Lipinski definition) is 2. The van der Waals surface area contributed by atoms with Gasteiger partial charge in [-0.1, -0.05) is 6.92 Å². The Morgan fingerprint density at radius 2 is 1.93 bits per heavy atom. The number of aromatic amines is 1. The number of aryl methyl sites for hydroxylation is 2. The van der Waals surface area contributed by atoms with Crippen molar-refractivity contribution in [1.29, 1.82) is 0 Å². The molecule has 0 aliphatic rings. The summed E-state index contributed by atoms with van der Waals surface area (Å²) in [5.74, 6) is 0.921. The Morgan fingerprint density at radius 3 is 2.47 bits per heavy atom. The standard InChI is InChI=1S/C12H15N3/c1-3-11-8(2)14-12(15-11)9-4-6-10(13)7-5-9/h4-7H,3,13H2,1-2H3,(H,14,15). The maximum Gasteiger partial charge on any atom is 0.137 e. The summed E-state index contributed by atoms with van der Waals surface area (Å²) in [6.45, 7) is 4.16. The number of aromatic nitrogens is 2. The van der Waals surface area contributed by atoms with E-state index in [2.05, 4.69) is 16.9 Å². The normalized spacial score (nSPS) is 10.5. The first-order valence-corrected chi connectivity index (χ1v) is 5.12. The molecule has 1 aromatic heterocycles. The number of nitrogens with two attached hydrogens (primary N) is 1. The maximum atomic E-state index is 5.64. The van der Waals surface area contributed by atoms with Gasteiger partial charge in [-0.05, 0) is 37.6 Å². The number of benzene rings is 1. The predicted molar refractivity (Wildman–Crippen MR) is 62.6 cm³/mol. The number of H-pyrrole nitrogens is 1. The monoisotopic (exact) mass is 201 g/mol. The quantitative estimate of drug-likeness (QED) is 0.733. The fraction of sp³-hybridized carbons (Fsp3) is 0.250. The van der Waals surface area contributed by atoms with Crippen LogP contribution in [0.3, 0.4) is 0 Å². The minimum absolute atomic E-state index is 0.776. The maximum absolute atomic E-state index is 5.64. The summed E-state index contributed by atoms with van der Waals surface area (Å²) < 4.78 is 0. The average Bonchev–Trinajstić information content (AvgIpc) is 2.61. The van der Waals surface area contributed by atoms with Crippen molar-refractivity contribution in [2.24, 2.45) is 0 Å². The van der Waals surface area contributed by atoms with E-state index in [1.54, 1.807) is 0 Å². The van der Waals surface area contributed by atoms with E-state index in [-0.39, 0.29) is 0 Å². The van der Waals surface area contributed by atoms with Gasteiger partial charge in [0.05, 0.1) is 5.69 Å². The molecule has 0 atom stereocenters. The molecule has 2 aromatic rings. The third-order valence-corrected chi connectivity index (χ3v) is 2.50. The van der Waals surface area contributed by atoms with Crippen molar-refractivity contribution in [3.8, 4) is 11.4 Å². The molecule has 0 amide bonds. The molecular weight excluding hydrogens is 186 g/mol.